The molecule has 0 aliphatic heterocycles. The van der Waals surface area contributed by atoms with Gasteiger partial charge in [0.1, 0.15) is 0 Å². The molecule has 0 N–H and O–H groups in total. The lowest BCUT2D eigenvalue weighted by Crippen LogP contribution is -2.38. The summed E-state index contributed by atoms with van der Waals surface area (Å²) in [6.45, 7) is 3.62. The number of nitrogens with zero attached hydrogens (tertiary/aromatic N) is 1. The zero-order valence-electron chi connectivity index (χ0n) is 11.2. The highest BCUT2D eigenvalue weighted by Crippen LogP contribution is 1.92. The summed E-state index contributed by atoms with van der Waals surface area (Å²) < 4.78 is 8.79. The summed E-state index contributed by atoms with van der Waals surface area (Å²) in [5, 5.41) is 0. The minimum atomic E-state index is -0.897. The molecule has 0 aliphatic rings. The van der Waals surface area contributed by atoms with Gasteiger partial charge in [0.15, 0.2) is 6.61 Å². The lowest BCUT2D eigenvalue weighted by atomic mass is 10.3. The van der Waals surface area contributed by atoms with Crippen LogP contribution in [0, 0.1) is 0 Å². The van der Waals surface area contributed by atoms with E-state index in [0.717, 1.165) is 19.3 Å². The maximum absolute atomic E-state index is 11.5. The molecule has 0 bridgehead atoms. The number of hydrogen-bond donors (Lipinski definition) is 0. The summed E-state index contributed by atoms with van der Waals surface area (Å²) in [6, 6.07) is 0. The lowest BCUT2D eigenvalue weighted by Gasteiger charge is -2.16. The van der Waals surface area contributed by atoms with Crippen LogP contribution in [0.25, 0.3) is 0 Å². The van der Waals surface area contributed by atoms with E-state index in [1.54, 1.807) is 13.8 Å². The van der Waals surface area contributed by atoms with E-state index in [-0.39, 0.29) is 0 Å². The molecule has 0 radical (unpaired) electrons. The molecule has 0 rings (SSSR count). The third kappa shape index (κ3) is 6.35. The summed E-state index contributed by atoms with van der Waals surface area (Å²) in [5.74, 6) is -3.13. The number of esters is 2. The third-order valence-electron chi connectivity index (χ3n) is 2.19. The molecule has 0 unspecified atom stereocenters. The first-order valence-electron chi connectivity index (χ1n) is 5.71. The number of carbonyl (C=O) groups is 4. The molecule has 0 spiro atoms. The van der Waals surface area contributed by atoms with Gasteiger partial charge in [0.2, 0.25) is 0 Å². The Kier molecular flexibility index (Phi) is 7.83. The summed E-state index contributed by atoms with van der Waals surface area (Å²) in [5.41, 5.74) is 0. The molecule has 0 heterocycles. The average molecular weight is 271 g/mol. The molecule has 0 fully saturated rings. The fourth-order valence-corrected chi connectivity index (χ4v) is 1.14. The average Bonchev–Trinajstić information content (AvgIpc) is 2.42. The molecular weight excluding hydrogens is 254 g/mol. The minimum absolute atomic E-state index is 0.400. The van der Waals surface area contributed by atoms with Crippen LogP contribution in [0.5, 0.6) is 0 Å². The molecule has 7 heteroatoms. The number of rotatable bonds is 7. The van der Waals surface area contributed by atoms with Gasteiger partial charge in [-0.15, -0.1) is 0 Å². The number of methoxy groups -OCH3 is 1. The predicted molar refractivity (Wildman–Crippen MR) is 65.1 cm³/mol. The summed E-state index contributed by atoms with van der Waals surface area (Å²) in [7, 11) is 1.16. The first kappa shape index (κ1) is 16.8. The standard InChI is InChI=1S/C12H17NO6/c1-4-13(5-2)12(17)9(14)8-19-11(16)7-6-10(15)18-3/h6-7H,4-5,8H2,1-3H3/b7-6+. The lowest BCUT2D eigenvalue weighted by molar-refractivity contribution is -0.151. The van der Waals surface area contributed by atoms with Gasteiger partial charge in [0.05, 0.1) is 7.11 Å². The Morgan fingerprint density at radius 2 is 1.53 bits per heavy atom. The van der Waals surface area contributed by atoms with Crippen molar-refractivity contribution in [2.45, 2.75) is 13.8 Å². The maximum Gasteiger partial charge on any atom is 0.331 e. The van der Waals surface area contributed by atoms with E-state index >= 15 is 0 Å². The maximum atomic E-state index is 11.5. The Morgan fingerprint density at radius 1 is 1.00 bits per heavy atom. The monoisotopic (exact) mass is 271 g/mol. The van der Waals surface area contributed by atoms with Crippen LogP contribution >= 0.6 is 0 Å². The van der Waals surface area contributed by atoms with E-state index in [9.17, 15) is 19.2 Å². The van der Waals surface area contributed by atoms with Gasteiger partial charge in [-0.25, -0.2) is 9.59 Å². The fraction of sp³-hybridized carbons (Fsp3) is 0.500. The predicted octanol–water partition coefficient (Wildman–Crippen LogP) is -0.304. The van der Waals surface area contributed by atoms with Crippen LogP contribution in [0.3, 0.4) is 0 Å². The highest BCUT2D eigenvalue weighted by atomic mass is 16.5. The molecule has 0 saturated heterocycles. The van der Waals surface area contributed by atoms with Gasteiger partial charge in [-0.3, -0.25) is 9.59 Å². The van der Waals surface area contributed by atoms with Crippen molar-refractivity contribution in [1.29, 1.82) is 0 Å². The SMILES string of the molecule is CCN(CC)C(=O)C(=O)COC(=O)/C=C/C(=O)OC. The number of ketones is 1. The largest absolute Gasteiger partial charge is 0.466 e. The van der Waals surface area contributed by atoms with Crippen molar-refractivity contribution in [2.75, 3.05) is 26.8 Å². The number of ether oxygens (including phenoxy) is 2. The number of carbonyl (C=O) groups excluding carboxylic acids is 4. The number of likely N-dealkylation sites (N-methyl/N-ethyl adjacent to an activating group) is 1. The Labute approximate surface area is 111 Å². The molecule has 1 amide bonds. The van der Waals surface area contributed by atoms with Gasteiger partial charge in [0.25, 0.3) is 11.7 Å². The Hall–Kier alpha value is -2.18. The van der Waals surface area contributed by atoms with Crippen LogP contribution in [-0.4, -0.2) is 55.3 Å². The van der Waals surface area contributed by atoms with Gasteiger partial charge in [-0.05, 0) is 13.8 Å². The zero-order valence-corrected chi connectivity index (χ0v) is 11.2. The molecule has 0 saturated carbocycles. The first-order chi connectivity index (χ1) is 8.96. The normalized spacial score (nSPS) is 10.1. The first-order valence-corrected chi connectivity index (χ1v) is 5.71. The molecule has 106 valence electrons. The van der Waals surface area contributed by atoms with Gasteiger partial charge >= 0.3 is 11.9 Å². The number of Topliss-reactive ketones (excluding diaryl/α,β-unsaturated/α-hetero) is 1. The van der Waals surface area contributed by atoms with Crippen LogP contribution in [0.2, 0.25) is 0 Å². The van der Waals surface area contributed by atoms with Crippen LogP contribution in [0.4, 0.5) is 0 Å². The van der Waals surface area contributed by atoms with E-state index in [1.165, 1.54) is 4.90 Å². The van der Waals surface area contributed by atoms with Crippen molar-refractivity contribution in [3.05, 3.63) is 12.2 Å². The molecule has 0 aliphatic carbocycles. The third-order valence-corrected chi connectivity index (χ3v) is 2.19. The minimum Gasteiger partial charge on any atom is -0.466 e. The highest BCUT2D eigenvalue weighted by molar-refractivity contribution is 6.36. The molecule has 7 nitrogen and oxygen atoms in total. The molecule has 0 atom stereocenters. The van der Waals surface area contributed by atoms with E-state index in [4.69, 9.17) is 0 Å². The van der Waals surface area contributed by atoms with Crippen LogP contribution < -0.4 is 0 Å². The van der Waals surface area contributed by atoms with E-state index in [2.05, 4.69) is 9.47 Å². The van der Waals surface area contributed by atoms with Gasteiger partial charge in [-0.1, -0.05) is 0 Å². The highest BCUT2D eigenvalue weighted by Gasteiger charge is 2.20. The smallest absolute Gasteiger partial charge is 0.331 e. The second-order valence-electron chi connectivity index (χ2n) is 3.36. The summed E-state index contributed by atoms with van der Waals surface area (Å²) in [6.07, 6.45) is 1.68. The van der Waals surface area contributed by atoms with Crippen LogP contribution in [-0.2, 0) is 28.7 Å². The molecule has 0 aromatic carbocycles. The Balaban J connectivity index is 4.23. The van der Waals surface area contributed by atoms with Crippen molar-refractivity contribution in [3.8, 4) is 0 Å². The Morgan fingerprint density at radius 3 is 2.00 bits per heavy atom. The fourth-order valence-electron chi connectivity index (χ4n) is 1.14. The number of hydrogen-bond acceptors (Lipinski definition) is 6. The van der Waals surface area contributed by atoms with E-state index in [0.29, 0.717) is 13.1 Å². The topological polar surface area (TPSA) is 90.0 Å². The second kappa shape index (κ2) is 8.84. The van der Waals surface area contributed by atoms with E-state index in [1.807, 2.05) is 0 Å². The molecule has 19 heavy (non-hydrogen) atoms. The second-order valence-corrected chi connectivity index (χ2v) is 3.36. The van der Waals surface area contributed by atoms with Gasteiger partial charge in [0, 0.05) is 25.2 Å². The van der Waals surface area contributed by atoms with Gasteiger partial charge < -0.3 is 14.4 Å². The molecular formula is C12H17NO6. The Bertz CT molecular complexity index is 384. The van der Waals surface area contributed by atoms with Crippen LogP contribution in [0.1, 0.15) is 13.8 Å². The summed E-state index contributed by atoms with van der Waals surface area (Å²) in [4.78, 5) is 46.1. The molecule has 0 aromatic heterocycles. The van der Waals surface area contributed by atoms with Crippen molar-refractivity contribution >= 4 is 23.6 Å². The zero-order chi connectivity index (χ0) is 14.8. The van der Waals surface area contributed by atoms with Crippen molar-refractivity contribution in [1.82, 2.24) is 4.90 Å². The van der Waals surface area contributed by atoms with Crippen molar-refractivity contribution in [3.63, 3.8) is 0 Å². The summed E-state index contributed by atoms with van der Waals surface area (Å²) >= 11 is 0. The van der Waals surface area contributed by atoms with Crippen molar-refractivity contribution in [2.24, 2.45) is 0 Å². The molecule has 0 aromatic rings. The van der Waals surface area contributed by atoms with E-state index < -0.39 is 30.2 Å². The van der Waals surface area contributed by atoms with Crippen LogP contribution in [0.15, 0.2) is 12.2 Å². The number of amides is 1. The quantitative estimate of drug-likeness (QED) is 0.358. The van der Waals surface area contributed by atoms with Crippen molar-refractivity contribution < 1.29 is 28.7 Å². The van der Waals surface area contributed by atoms with Gasteiger partial charge in [-0.2, -0.15) is 0 Å².